The number of imidazole rings is 1. The molecule has 158 valence electrons. The lowest BCUT2D eigenvalue weighted by molar-refractivity contribution is -0.137. The van der Waals surface area contributed by atoms with Crippen molar-refractivity contribution in [2.45, 2.75) is 13.1 Å². The van der Waals surface area contributed by atoms with Crippen molar-refractivity contribution in [3.05, 3.63) is 88.8 Å². The Kier molecular flexibility index (Phi) is 5.32. The van der Waals surface area contributed by atoms with Gasteiger partial charge in [-0.1, -0.05) is 29.8 Å². The van der Waals surface area contributed by atoms with E-state index in [1.807, 2.05) is 6.07 Å². The fourth-order valence-electron chi connectivity index (χ4n) is 3.09. The highest BCUT2D eigenvalue weighted by atomic mass is 35.5. The van der Waals surface area contributed by atoms with Crippen LogP contribution in [0.5, 0.6) is 11.5 Å². The molecule has 4 rings (SSSR count). The average Bonchev–Trinajstić information content (AvgIpc) is 3.05. The Hall–Kier alpha value is -3.52. The molecule has 0 atom stereocenters. The number of hydrogen-bond acceptors (Lipinski definition) is 3. The van der Waals surface area contributed by atoms with Crippen molar-refractivity contribution >= 4 is 28.8 Å². The van der Waals surface area contributed by atoms with Crippen LogP contribution >= 0.6 is 11.6 Å². The number of pyridine rings is 1. The number of fused-ring (bicyclic) bond motifs is 1. The maximum absolute atomic E-state index is 13.1. The Morgan fingerprint density at radius 1 is 1.10 bits per heavy atom. The molecule has 0 aliphatic heterocycles. The van der Waals surface area contributed by atoms with Gasteiger partial charge in [-0.15, -0.1) is 0 Å². The van der Waals surface area contributed by atoms with Gasteiger partial charge in [0.2, 0.25) is 0 Å². The quantitative estimate of drug-likeness (QED) is 0.397. The Bertz CT molecular complexity index is 1270. The summed E-state index contributed by atoms with van der Waals surface area (Å²) in [6.07, 6.45) is -3.70. The molecular formula is C22H15ClF3N3O2. The van der Waals surface area contributed by atoms with Crippen molar-refractivity contribution in [2.24, 2.45) is 0 Å². The number of para-hydroxylation sites is 1. The summed E-state index contributed by atoms with van der Waals surface area (Å²) in [5.74, 6) is 0.219. The van der Waals surface area contributed by atoms with Crippen LogP contribution in [0, 0.1) is 6.92 Å². The first-order valence-electron chi connectivity index (χ1n) is 9.12. The summed E-state index contributed by atoms with van der Waals surface area (Å²) >= 11 is 6.08. The number of halogens is 4. The lowest BCUT2D eigenvalue weighted by Gasteiger charge is -2.13. The molecule has 31 heavy (non-hydrogen) atoms. The van der Waals surface area contributed by atoms with E-state index in [0.717, 1.165) is 16.7 Å². The molecule has 5 nitrogen and oxygen atoms in total. The molecule has 2 aromatic heterocycles. The largest absolute Gasteiger partial charge is 0.455 e. The molecule has 9 heteroatoms. The molecule has 0 fully saturated rings. The first kappa shape index (κ1) is 20.7. The minimum Gasteiger partial charge on any atom is -0.455 e. The monoisotopic (exact) mass is 445 g/mol. The third kappa shape index (κ3) is 4.34. The average molecular weight is 446 g/mol. The topological polar surface area (TPSA) is 55.6 Å². The second-order valence-electron chi connectivity index (χ2n) is 6.70. The van der Waals surface area contributed by atoms with E-state index in [4.69, 9.17) is 16.3 Å². The molecule has 0 aliphatic rings. The summed E-state index contributed by atoms with van der Waals surface area (Å²) in [5, 5.41) is 3.03. The van der Waals surface area contributed by atoms with Crippen LogP contribution in [0.1, 0.15) is 21.7 Å². The van der Waals surface area contributed by atoms with Gasteiger partial charge >= 0.3 is 6.18 Å². The van der Waals surface area contributed by atoms with Gasteiger partial charge in [-0.05, 0) is 49.4 Å². The highest BCUT2D eigenvalue weighted by Gasteiger charge is 2.31. The zero-order valence-corrected chi connectivity index (χ0v) is 16.8. The number of carbonyl (C=O) groups is 1. The predicted octanol–water partition coefficient (Wildman–Crippen LogP) is 6.36. The third-order valence-electron chi connectivity index (χ3n) is 4.50. The molecular weight excluding hydrogens is 431 g/mol. The van der Waals surface area contributed by atoms with Gasteiger partial charge in [0.1, 0.15) is 17.1 Å². The number of rotatable bonds is 4. The summed E-state index contributed by atoms with van der Waals surface area (Å²) in [6, 6.07) is 15.7. The van der Waals surface area contributed by atoms with Gasteiger partial charge in [-0.2, -0.15) is 13.2 Å². The number of nitrogens with one attached hydrogen (secondary N) is 1. The number of carbonyl (C=O) groups excluding carboxylic acids is 1. The van der Waals surface area contributed by atoms with Gasteiger partial charge in [0.15, 0.2) is 5.75 Å². The Labute approximate surface area is 180 Å². The van der Waals surface area contributed by atoms with E-state index in [9.17, 15) is 18.0 Å². The van der Waals surface area contributed by atoms with Crippen LogP contribution in [-0.2, 0) is 6.18 Å². The Morgan fingerprint density at radius 2 is 1.84 bits per heavy atom. The Morgan fingerprint density at radius 3 is 2.55 bits per heavy atom. The van der Waals surface area contributed by atoms with Crippen LogP contribution in [0.15, 0.2) is 66.9 Å². The normalized spacial score (nSPS) is 11.5. The first-order chi connectivity index (χ1) is 14.7. The second kappa shape index (κ2) is 7.96. The van der Waals surface area contributed by atoms with E-state index in [2.05, 4.69) is 10.3 Å². The van der Waals surface area contributed by atoms with Crippen LogP contribution in [0.25, 0.3) is 5.65 Å². The molecule has 2 aromatic carbocycles. The summed E-state index contributed by atoms with van der Waals surface area (Å²) in [7, 11) is 0. The maximum Gasteiger partial charge on any atom is 0.417 e. The van der Waals surface area contributed by atoms with E-state index in [1.54, 1.807) is 43.3 Å². The van der Waals surface area contributed by atoms with Crippen LogP contribution in [0.2, 0.25) is 5.02 Å². The van der Waals surface area contributed by atoms with Gasteiger partial charge in [-0.25, -0.2) is 4.98 Å². The van der Waals surface area contributed by atoms with Gasteiger partial charge in [0, 0.05) is 11.2 Å². The molecule has 0 spiro atoms. The number of nitrogens with zero attached hydrogens (tertiary/aromatic N) is 2. The summed E-state index contributed by atoms with van der Waals surface area (Å²) in [6.45, 7) is 1.55. The molecule has 0 saturated carbocycles. The lowest BCUT2D eigenvalue weighted by atomic mass is 10.2. The fraction of sp³-hybridized carbons (Fsp3) is 0.0909. The van der Waals surface area contributed by atoms with E-state index in [1.165, 1.54) is 12.1 Å². The molecule has 0 aliphatic carbocycles. The van der Waals surface area contributed by atoms with Crippen molar-refractivity contribution in [3.8, 4) is 11.5 Å². The van der Waals surface area contributed by atoms with Crippen molar-refractivity contribution < 1.29 is 22.7 Å². The van der Waals surface area contributed by atoms with Gasteiger partial charge < -0.3 is 10.1 Å². The lowest BCUT2D eigenvalue weighted by Crippen LogP contribution is -2.17. The van der Waals surface area contributed by atoms with E-state index in [-0.39, 0.29) is 22.7 Å². The summed E-state index contributed by atoms with van der Waals surface area (Å²) in [5.41, 5.74) is -0.136. The van der Waals surface area contributed by atoms with Crippen LogP contribution in [0.3, 0.4) is 0 Å². The summed E-state index contributed by atoms with van der Waals surface area (Å²) < 4.78 is 46.4. The van der Waals surface area contributed by atoms with Gasteiger partial charge in [-0.3, -0.25) is 9.20 Å². The number of hydrogen-bond donors (Lipinski definition) is 1. The highest BCUT2D eigenvalue weighted by molar-refractivity contribution is 6.31. The molecule has 0 bridgehead atoms. The SMILES string of the molecule is Cc1nc2ccc(C(F)(F)F)cn2c1C(=O)Nc1cc(Cl)ccc1Oc1ccccc1. The molecule has 2 heterocycles. The smallest absolute Gasteiger partial charge is 0.417 e. The molecule has 0 saturated heterocycles. The number of amides is 1. The van der Waals surface area contributed by atoms with Gasteiger partial charge in [0.25, 0.3) is 5.91 Å². The van der Waals surface area contributed by atoms with Gasteiger partial charge in [0.05, 0.1) is 16.9 Å². The molecule has 4 aromatic rings. The van der Waals surface area contributed by atoms with Crippen LogP contribution in [-0.4, -0.2) is 15.3 Å². The number of anilines is 1. The molecule has 0 radical (unpaired) electrons. The molecule has 0 unspecified atom stereocenters. The van der Waals surface area contributed by atoms with Crippen LogP contribution in [0.4, 0.5) is 18.9 Å². The molecule has 1 N–H and O–H groups in total. The standard InChI is InChI=1S/C22H15ClF3N3O2/c1-13-20(29-12-14(22(24,25)26)7-10-19(29)27-13)21(30)28-17-11-15(23)8-9-18(17)31-16-5-3-2-4-6-16/h2-12H,1H3,(H,28,30). The fourth-order valence-corrected chi connectivity index (χ4v) is 3.26. The van der Waals surface area contributed by atoms with Crippen molar-refractivity contribution in [1.29, 1.82) is 0 Å². The zero-order chi connectivity index (χ0) is 22.2. The number of aromatic nitrogens is 2. The Balaban J connectivity index is 1.71. The number of alkyl halides is 3. The summed E-state index contributed by atoms with van der Waals surface area (Å²) in [4.78, 5) is 17.2. The maximum atomic E-state index is 13.1. The van der Waals surface area contributed by atoms with Crippen LogP contribution < -0.4 is 10.1 Å². The second-order valence-corrected chi connectivity index (χ2v) is 7.14. The zero-order valence-electron chi connectivity index (χ0n) is 16.1. The van der Waals surface area contributed by atoms with E-state index < -0.39 is 17.6 Å². The first-order valence-corrected chi connectivity index (χ1v) is 9.50. The minimum atomic E-state index is -4.55. The third-order valence-corrected chi connectivity index (χ3v) is 4.73. The van der Waals surface area contributed by atoms with E-state index >= 15 is 0 Å². The van der Waals surface area contributed by atoms with E-state index in [0.29, 0.717) is 16.5 Å². The van der Waals surface area contributed by atoms with Crippen molar-refractivity contribution in [2.75, 3.05) is 5.32 Å². The number of aryl methyl sites for hydroxylation is 1. The number of ether oxygens (including phenoxy) is 1. The minimum absolute atomic E-state index is 0.0215. The number of benzene rings is 2. The predicted molar refractivity (Wildman–Crippen MR) is 111 cm³/mol. The van der Waals surface area contributed by atoms with Crippen molar-refractivity contribution in [1.82, 2.24) is 9.38 Å². The van der Waals surface area contributed by atoms with Crippen molar-refractivity contribution in [3.63, 3.8) is 0 Å². The highest BCUT2D eigenvalue weighted by Crippen LogP contribution is 2.33. The molecule has 1 amide bonds.